The van der Waals surface area contributed by atoms with E-state index in [9.17, 15) is 0 Å². The summed E-state index contributed by atoms with van der Waals surface area (Å²) in [6, 6.07) is 0. The second-order valence-corrected chi connectivity index (χ2v) is 49.4. The number of hydrogen-bond acceptors (Lipinski definition) is 0. The fraction of sp³-hybridized carbons (Fsp3) is 0.846. The Balaban J connectivity index is -0.000000154. The lowest BCUT2D eigenvalue weighted by Gasteiger charge is -2.14. The Kier molecular flexibility index (Phi) is 120. The summed E-state index contributed by atoms with van der Waals surface area (Å²) in [5, 5.41) is 0. The standard InChI is InChI=1S/10C13H26/c5*1-11(2)7-6-8-13(5)10-9-12(3)4;3*1-11(2)8-6-7-9-13(5)10-12(3)4;2*1-11(2)9-7-6-8-10-13(5)12(3)4/h2*9-13H,6-8H2,1-5H3;3*6-7,11-13H,8-10H2,1-5H3;3*6,8,11-13H,7,9-10H2,1-5H3;2*7,9,11-13H,6,8,10H2,1-5H3/b2*10-9+;3*7-6+;3*8-6+;2*9-7+/t4*13-;;2*13-;;13-;/m1010.10.0./s1. The molecule has 0 heterocycles. The molecule has 0 amide bonds. The van der Waals surface area contributed by atoms with Crippen molar-refractivity contribution in [2.45, 2.75) is 539 Å². The number of unbranched alkanes of at least 4 members (excludes halogenated alkanes) is 2. The molecule has 0 aliphatic rings. The van der Waals surface area contributed by atoms with Crippen molar-refractivity contribution >= 4 is 0 Å². The fourth-order valence-corrected chi connectivity index (χ4v) is 14.2. The Morgan fingerprint density at radius 3 is 0.508 bits per heavy atom. The lowest BCUT2D eigenvalue weighted by Crippen LogP contribution is -2.02. The monoisotopic (exact) mass is 1820 g/mol. The van der Waals surface area contributed by atoms with Crippen molar-refractivity contribution in [1.29, 1.82) is 0 Å². The summed E-state index contributed by atoms with van der Waals surface area (Å²) in [4.78, 5) is 0. The zero-order chi connectivity index (χ0) is 103. The summed E-state index contributed by atoms with van der Waals surface area (Å²) in [5.41, 5.74) is 0. The quantitative estimate of drug-likeness (QED) is 0.0421. The predicted octanol–water partition coefficient (Wildman–Crippen LogP) is 46.6. The first-order valence-electron chi connectivity index (χ1n) is 56.9. The van der Waals surface area contributed by atoms with Crippen molar-refractivity contribution in [2.24, 2.45) is 178 Å². The molecule has 0 radical (unpaired) electrons. The highest BCUT2D eigenvalue weighted by Gasteiger charge is 2.11. The van der Waals surface area contributed by atoms with E-state index in [4.69, 9.17) is 0 Å². The highest BCUT2D eigenvalue weighted by Crippen LogP contribution is 2.25. The number of allylic oxidation sites excluding steroid dienone is 20. The molecule has 0 spiro atoms. The third-order valence-corrected chi connectivity index (χ3v) is 23.5. The first-order chi connectivity index (χ1) is 60.2. The molecule has 0 bridgehead atoms. The summed E-state index contributed by atoms with van der Waals surface area (Å²) in [6.07, 6.45) is 86.6. The molecule has 0 rings (SSSR count). The SMILES string of the molecule is CC(C)/C=C/CC(C)CCC(C)C.CC(C)/C=C/CCC(C)CC(C)C.CC(C)/C=C/CCCC(C)C(C)C.CC(C)/C=C/CCC[C@H](C)C(C)C.CC(C)/C=C/CC[C@@H](C)CC(C)C.CC(C)/C=C/CC[C@H](C)CC(C)C.CC(C)/C=C/C[C@@H](C)CCC(C)C.CC(C)/C=C/C[C@H](C)CCC(C)C.CC(C)/C=C/[C@@H](C)CCCC(C)C.CC(C)/C=C/[C@H](C)CCCC(C)C. The Bertz CT molecular complexity index is 2210. The lowest BCUT2D eigenvalue weighted by atomic mass is 9.92. The van der Waals surface area contributed by atoms with Crippen LogP contribution in [-0.4, -0.2) is 0 Å². The molecule has 0 aliphatic carbocycles. The van der Waals surface area contributed by atoms with Crippen LogP contribution in [0.1, 0.15) is 539 Å². The van der Waals surface area contributed by atoms with Gasteiger partial charge in [-0.05, 0) is 293 Å². The van der Waals surface area contributed by atoms with Crippen molar-refractivity contribution in [2.75, 3.05) is 0 Å². The van der Waals surface area contributed by atoms with Gasteiger partial charge >= 0.3 is 0 Å². The molecule has 10 atom stereocenters. The smallest absolute Gasteiger partial charge is 0.0262 e. The van der Waals surface area contributed by atoms with Crippen LogP contribution in [0.5, 0.6) is 0 Å². The molecule has 130 heavy (non-hydrogen) atoms. The van der Waals surface area contributed by atoms with E-state index in [1.165, 1.54) is 193 Å². The van der Waals surface area contributed by atoms with Gasteiger partial charge in [0.1, 0.15) is 0 Å². The van der Waals surface area contributed by atoms with Crippen molar-refractivity contribution < 1.29 is 0 Å². The second kappa shape index (κ2) is 105. The van der Waals surface area contributed by atoms with Crippen LogP contribution in [0.2, 0.25) is 0 Å². The molecule has 0 aliphatic heterocycles. The van der Waals surface area contributed by atoms with Crippen molar-refractivity contribution in [3.8, 4) is 0 Å². The summed E-state index contributed by atoms with van der Waals surface area (Å²) >= 11 is 0. The third-order valence-electron chi connectivity index (χ3n) is 23.5. The van der Waals surface area contributed by atoms with E-state index >= 15 is 0 Å². The molecule has 0 heteroatoms. The second-order valence-electron chi connectivity index (χ2n) is 49.4. The van der Waals surface area contributed by atoms with Gasteiger partial charge in [-0.25, -0.2) is 0 Å². The topological polar surface area (TPSA) is 0 Å². The van der Waals surface area contributed by atoms with E-state index in [1.807, 2.05) is 0 Å². The van der Waals surface area contributed by atoms with Crippen LogP contribution in [0, 0.1) is 178 Å². The van der Waals surface area contributed by atoms with Crippen LogP contribution in [0.4, 0.5) is 0 Å². The maximum Gasteiger partial charge on any atom is -0.0262 e. The third kappa shape index (κ3) is 162. The minimum Gasteiger partial charge on any atom is -0.0883 e. The highest BCUT2D eigenvalue weighted by atomic mass is 14.2. The van der Waals surface area contributed by atoms with Gasteiger partial charge in [0.05, 0.1) is 0 Å². The summed E-state index contributed by atoms with van der Waals surface area (Å²) < 4.78 is 0. The van der Waals surface area contributed by atoms with Crippen LogP contribution in [0.25, 0.3) is 0 Å². The van der Waals surface area contributed by atoms with E-state index < -0.39 is 0 Å². The van der Waals surface area contributed by atoms with Gasteiger partial charge in [-0.1, -0.05) is 545 Å². The summed E-state index contributed by atoms with van der Waals surface area (Å²) in [6.45, 7) is 114. The Morgan fingerprint density at radius 2 is 0.331 bits per heavy atom. The van der Waals surface area contributed by atoms with Crippen molar-refractivity contribution in [3.63, 3.8) is 0 Å². The zero-order valence-corrected chi connectivity index (χ0v) is 100. The number of rotatable bonds is 60. The molecule has 3 unspecified atom stereocenters. The van der Waals surface area contributed by atoms with E-state index in [-0.39, 0.29) is 0 Å². The highest BCUT2D eigenvalue weighted by molar-refractivity contribution is 4.93. The van der Waals surface area contributed by atoms with Crippen LogP contribution in [0.15, 0.2) is 122 Å². The number of hydrogen-bond donors (Lipinski definition) is 0. The van der Waals surface area contributed by atoms with E-state index in [2.05, 4.69) is 468 Å². The van der Waals surface area contributed by atoms with Gasteiger partial charge in [0.25, 0.3) is 0 Å². The van der Waals surface area contributed by atoms with Gasteiger partial charge in [-0.3, -0.25) is 0 Å². The van der Waals surface area contributed by atoms with Crippen molar-refractivity contribution in [3.05, 3.63) is 122 Å². The summed E-state index contributed by atoms with van der Waals surface area (Å²) in [7, 11) is 0. The van der Waals surface area contributed by atoms with Crippen LogP contribution in [-0.2, 0) is 0 Å². The molecule has 0 aromatic rings. The van der Waals surface area contributed by atoms with Gasteiger partial charge in [-0.15, -0.1) is 0 Å². The Morgan fingerprint density at radius 1 is 0.138 bits per heavy atom. The average molecular weight is 1820 g/mol. The first kappa shape index (κ1) is 148. The first-order valence-corrected chi connectivity index (χ1v) is 56.9. The van der Waals surface area contributed by atoms with Gasteiger partial charge in [-0.2, -0.15) is 0 Å². The van der Waals surface area contributed by atoms with Gasteiger partial charge in [0, 0.05) is 0 Å². The summed E-state index contributed by atoms with van der Waals surface area (Å²) in [5.74, 6) is 24.1. The van der Waals surface area contributed by atoms with Crippen molar-refractivity contribution in [1.82, 2.24) is 0 Å². The Labute approximate surface area is 832 Å². The molecule has 0 aromatic carbocycles. The molecule has 0 aromatic heterocycles. The largest absolute Gasteiger partial charge is 0.0883 e. The molecular weight excluding hydrogens is 1560 g/mol. The minimum atomic E-state index is 0.701. The maximum absolute atomic E-state index is 2.37. The zero-order valence-electron chi connectivity index (χ0n) is 100. The van der Waals surface area contributed by atoms with Crippen LogP contribution < -0.4 is 0 Å². The predicted molar refractivity (Wildman–Crippen MR) is 618 cm³/mol. The van der Waals surface area contributed by atoms with Gasteiger partial charge in [0.15, 0.2) is 0 Å². The van der Waals surface area contributed by atoms with E-state index in [0.29, 0.717) is 59.2 Å². The van der Waals surface area contributed by atoms with Gasteiger partial charge in [0.2, 0.25) is 0 Å². The normalized spacial score (nSPS) is 14.7. The molecule has 0 saturated carbocycles. The lowest BCUT2D eigenvalue weighted by molar-refractivity contribution is 0.383. The molecule has 0 fully saturated rings. The van der Waals surface area contributed by atoms with E-state index in [0.717, 1.165) is 118 Å². The van der Waals surface area contributed by atoms with Crippen LogP contribution >= 0.6 is 0 Å². The molecule has 0 saturated heterocycles. The maximum atomic E-state index is 2.37. The van der Waals surface area contributed by atoms with Crippen LogP contribution in [0.3, 0.4) is 0 Å². The average Bonchev–Trinajstić information content (AvgIpc) is 1.02. The van der Waals surface area contributed by atoms with E-state index in [1.54, 1.807) is 0 Å². The minimum absolute atomic E-state index is 0.701. The molecular formula is C130H260. The molecule has 0 N–H and O–H groups in total. The molecule has 0 nitrogen and oxygen atoms in total. The Hall–Kier alpha value is -2.60. The van der Waals surface area contributed by atoms with Gasteiger partial charge < -0.3 is 0 Å². The molecule has 780 valence electrons. The fourth-order valence-electron chi connectivity index (χ4n) is 14.2.